The molecule has 1 aliphatic rings. The van der Waals surface area contributed by atoms with Gasteiger partial charge in [0.05, 0.1) is 10.7 Å². The molecule has 0 radical (unpaired) electrons. The Labute approximate surface area is 112 Å². The van der Waals surface area contributed by atoms with Crippen molar-refractivity contribution in [2.75, 3.05) is 0 Å². The lowest BCUT2D eigenvalue weighted by Gasteiger charge is -2.20. The van der Waals surface area contributed by atoms with E-state index in [1.54, 1.807) is 11.3 Å². The molecule has 4 heteroatoms. The second-order valence-corrected chi connectivity index (χ2v) is 6.08. The van der Waals surface area contributed by atoms with Crippen LogP contribution in [-0.4, -0.2) is 9.55 Å². The molecule has 18 heavy (non-hydrogen) atoms. The van der Waals surface area contributed by atoms with Gasteiger partial charge >= 0.3 is 0 Å². The third-order valence-electron chi connectivity index (χ3n) is 3.72. The molecule has 0 bridgehead atoms. The molecule has 1 aliphatic carbocycles. The van der Waals surface area contributed by atoms with Gasteiger partial charge in [-0.05, 0) is 37.8 Å². The van der Waals surface area contributed by atoms with E-state index in [0.29, 0.717) is 0 Å². The number of nitrogens with zero attached hydrogens (tertiary/aromatic N) is 2. The van der Waals surface area contributed by atoms with Gasteiger partial charge in [-0.3, -0.25) is 0 Å². The molecule has 2 N–H and O–H groups in total. The number of aromatic nitrogens is 2. The molecular formula is C14H19N3S. The van der Waals surface area contributed by atoms with E-state index in [2.05, 4.69) is 34.1 Å². The van der Waals surface area contributed by atoms with Crippen LogP contribution in [0.15, 0.2) is 17.6 Å². The van der Waals surface area contributed by atoms with Crippen molar-refractivity contribution in [3.8, 4) is 0 Å². The van der Waals surface area contributed by atoms with Crippen LogP contribution in [0.25, 0.3) is 0 Å². The Balaban J connectivity index is 1.73. The van der Waals surface area contributed by atoms with Crippen molar-refractivity contribution in [2.24, 2.45) is 5.73 Å². The lowest BCUT2D eigenvalue weighted by atomic mass is 9.94. The first-order valence-electron chi connectivity index (χ1n) is 6.58. The molecular weight excluding hydrogens is 242 g/mol. The Morgan fingerprint density at radius 1 is 1.56 bits per heavy atom. The summed E-state index contributed by atoms with van der Waals surface area (Å²) in [6, 6.07) is 2.45. The Bertz CT molecular complexity index is 541. The molecule has 2 aromatic rings. The Hall–Kier alpha value is -1.13. The van der Waals surface area contributed by atoms with Crippen LogP contribution in [0.3, 0.4) is 0 Å². The number of nitrogens with two attached hydrogens (primary N) is 1. The standard InChI is InChI=1S/C14H19N3S/c1-10-16-11(9-18-10)5-7-17-8-6-12-13(15)3-2-4-14(12)17/h6,8-9,13H,2-5,7,15H2,1H3. The summed E-state index contributed by atoms with van der Waals surface area (Å²) in [4.78, 5) is 4.52. The second-order valence-electron chi connectivity index (χ2n) is 5.02. The van der Waals surface area contributed by atoms with Gasteiger partial charge in [-0.2, -0.15) is 0 Å². The fourth-order valence-corrected chi connectivity index (χ4v) is 3.41. The maximum absolute atomic E-state index is 6.15. The van der Waals surface area contributed by atoms with E-state index in [9.17, 15) is 0 Å². The predicted octanol–water partition coefficient (Wildman–Crippen LogP) is 2.83. The SMILES string of the molecule is Cc1nc(CCn2ccc3c2CCCC3N)cs1. The van der Waals surface area contributed by atoms with Crippen LogP contribution in [0.2, 0.25) is 0 Å². The summed E-state index contributed by atoms with van der Waals surface area (Å²) in [5, 5.41) is 3.32. The van der Waals surface area contributed by atoms with Gasteiger partial charge in [0.1, 0.15) is 0 Å². The van der Waals surface area contributed by atoms with Crippen molar-refractivity contribution < 1.29 is 0 Å². The fourth-order valence-electron chi connectivity index (χ4n) is 2.76. The van der Waals surface area contributed by atoms with E-state index in [1.807, 2.05) is 0 Å². The zero-order valence-corrected chi connectivity index (χ0v) is 11.5. The number of hydrogen-bond donors (Lipinski definition) is 1. The monoisotopic (exact) mass is 261 g/mol. The van der Waals surface area contributed by atoms with Crippen molar-refractivity contribution >= 4 is 11.3 Å². The van der Waals surface area contributed by atoms with E-state index in [-0.39, 0.29) is 6.04 Å². The van der Waals surface area contributed by atoms with Crippen LogP contribution in [0.5, 0.6) is 0 Å². The fraction of sp³-hybridized carbons (Fsp3) is 0.500. The minimum atomic E-state index is 0.247. The molecule has 1 unspecified atom stereocenters. The molecule has 0 aromatic carbocycles. The smallest absolute Gasteiger partial charge is 0.0897 e. The predicted molar refractivity (Wildman–Crippen MR) is 74.9 cm³/mol. The molecule has 2 heterocycles. The molecule has 3 nitrogen and oxygen atoms in total. The normalized spacial score (nSPS) is 18.9. The minimum Gasteiger partial charge on any atom is -0.351 e. The van der Waals surface area contributed by atoms with Crippen LogP contribution in [0.4, 0.5) is 0 Å². The molecule has 0 saturated heterocycles. The lowest BCUT2D eigenvalue weighted by Crippen LogP contribution is -2.18. The second kappa shape index (κ2) is 4.86. The van der Waals surface area contributed by atoms with Gasteiger partial charge in [0, 0.05) is 36.3 Å². The molecule has 96 valence electrons. The third kappa shape index (κ3) is 2.22. The summed E-state index contributed by atoms with van der Waals surface area (Å²) in [5.74, 6) is 0. The van der Waals surface area contributed by atoms with Crippen molar-refractivity contribution in [2.45, 2.75) is 45.2 Å². The van der Waals surface area contributed by atoms with Crippen LogP contribution >= 0.6 is 11.3 Å². The minimum absolute atomic E-state index is 0.247. The van der Waals surface area contributed by atoms with E-state index < -0.39 is 0 Å². The third-order valence-corrected chi connectivity index (χ3v) is 4.54. The van der Waals surface area contributed by atoms with Crippen LogP contribution in [0, 0.1) is 6.92 Å². The van der Waals surface area contributed by atoms with Crippen LogP contribution in [-0.2, 0) is 19.4 Å². The highest BCUT2D eigenvalue weighted by molar-refractivity contribution is 7.09. The molecule has 0 spiro atoms. The highest BCUT2D eigenvalue weighted by Crippen LogP contribution is 2.28. The average molecular weight is 261 g/mol. The zero-order chi connectivity index (χ0) is 12.5. The summed E-state index contributed by atoms with van der Waals surface area (Å²) < 4.78 is 2.36. The first kappa shape index (κ1) is 11.9. The first-order chi connectivity index (χ1) is 8.74. The van der Waals surface area contributed by atoms with Crippen LogP contribution < -0.4 is 5.73 Å². The van der Waals surface area contributed by atoms with E-state index in [4.69, 9.17) is 5.73 Å². The molecule has 0 saturated carbocycles. The van der Waals surface area contributed by atoms with Gasteiger partial charge in [-0.1, -0.05) is 0 Å². The van der Waals surface area contributed by atoms with Gasteiger partial charge < -0.3 is 10.3 Å². The first-order valence-corrected chi connectivity index (χ1v) is 7.46. The van der Waals surface area contributed by atoms with Gasteiger partial charge in [-0.25, -0.2) is 4.98 Å². The van der Waals surface area contributed by atoms with E-state index in [0.717, 1.165) is 24.4 Å². The van der Waals surface area contributed by atoms with E-state index >= 15 is 0 Å². The molecule has 2 aromatic heterocycles. The Morgan fingerprint density at radius 3 is 3.22 bits per heavy atom. The Kier molecular flexibility index (Phi) is 3.22. The van der Waals surface area contributed by atoms with E-state index in [1.165, 1.54) is 29.8 Å². The quantitative estimate of drug-likeness (QED) is 0.923. The topological polar surface area (TPSA) is 43.8 Å². The summed E-state index contributed by atoms with van der Waals surface area (Å²) in [6.45, 7) is 3.08. The van der Waals surface area contributed by atoms with Crippen molar-refractivity contribution in [3.63, 3.8) is 0 Å². The maximum Gasteiger partial charge on any atom is 0.0897 e. The van der Waals surface area contributed by atoms with Gasteiger partial charge in [-0.15, -0.1) is 11.3 Å². The van der Waals surface area contributed by atoms with Crippen molar-refractivity contribution in [1.29, 1.82) is 0 Å². The molecule has 0 aliphatic heterocycles. The number of rotatable bonds is 3. The average Bonchev–Trinajstić information content (AvgIpc) is 2.94. The van der Waals surface area contributed by atoms with Crippen molar-refractivity contribution in [1.82, 2.24) is 9.55 Å². The highest BCUT2D eigenvalue weighted by atomic mass is 32.1. The lowest BCUT2D eigenvalue weighted by molar-refractivity contribution is 0.538. The van der Waals surface area contributed by atoms with Crippen LogP contribution in [0.1, 0.15) is 40.8 Å². The number of thiazole rings is 1. The summed E-state index contributed by atoms with van der Waals surface area (Å²) >= 11 is 1.73. The molecule has 0 fully saturated rings. The van der Waals surface area contributed by atoms with Crippen molar-refractivity contribution in [3.05, 3.63) is 39.6 Å². The number of hydrogen-bond acceptors (Lipinski definition) is 3. The molecule has 3 rings (SSSR count). The highest BCUT2D eigenvalue weighted by Gasteiger charge is 2.19. The number of aryl methyl sites for hydroxylation is 3. The number of fused-ring (bicyclic) bond motifs is 1. The maximum atomic E-state index is 6.15. The molecule has 0 amide bonds. The van der Waals surface area contributed by atoms with Gasteiger partial charge in [0.25, 0.3) is 0 Å². The summed E-state index contributed by atoms with van der Waals surface area (Å²) in [6.07, 6.45) is 6.72. The zero-order valence-electron chi connectivity index (χ0n) is 10.7. The Morgan fingerprint density at radius 2 is 2.44 bits per heavy atom. The summed E-state index contributed by atoms with van der Waals surface area (Å²) in [7, 11) is 0. The van der Waals surface area contributed by atoms with Gasteiger partial charge in [0.2, 0.25) is 0 Å². The van der Waals surface area contributed by atoms with Gasteiger partial charge in [0.15, 0.2) is 0 Å². The molecule has 1 atom stereocenters. The largest absolute Gasteiger partial charge is 0.351 e. The summed E-state index contributed by atoms with van der Waals surface area (Å²) in [5.41, 5.74) is 10.2.